The van der Waals surface area contributed by atoms with Crippen molar-refractivity contribution in [2.45, 2.75) is 39.0 Å². The quantitative estimate of drug-likeness (QED) is 0.930. The Morgan fingerprint density at radius 3 is 2.67 bits per heavy atom. The Morgan fingerprint density at radius 2 is 2.08 bits per heavy atom. The van der Waals surface area contributed by atoms with E-state index in [-0.39, 0.29) is 24.2 Å². The van der Waals surface area contributed by atoms with Crippen LogP contribution >= 0.6 is 0 Å². The number of nitrogens with zero attached hydrogens (tertiary/aromatic N) is 4. The lowest BCUT2D eigenvalue weighted by Gasteiger charge is -2.36. The van der Waals surface area contributed by atoms with Crippen molar-refractivity contribution in [3.8, 4) is 0 Å². The Morgan fingerprint density at radius 1 is 1.33 bits per heavy atom. The van der Waals surface area contributed by atoms with Gasteiger partial charge in [-0.15, -0.1) is 0 Å². The molecule has 1 fully saturated rings. The van der Waals surface area contributed by atoms with Gasteiger partial charge in [0.05, 0.1) is 24.1 Å². The van der Waals surface area contributed by atoms with Gasteiger partial charge in [0.2, 0.25) is 5.91 Å². The summed E-state index contributed by atoms with van der Waals surface area (Å²) >= 11 is 0. The summed E-state index contributed by atoms with van der Waals surface area (Å²) in [4.78, 5) is 18.9. The number of morpholine rings is 1. The summed E-state index contributed by atoms with van der Waals surface area (Å²) < 4.78 is 7.36. The van der Waals surface area contributed by atoms with E-state index in [9.17, 15) is 4.79 Å². The molecule has 7 heteroatoms. The van der Waals surface area contributed by atoms with Gasteiger partial charge < -0.3 is 15.0 Å². The first-order chi connectivity index (χ1) is 11.5. The fourth-order valence-corrected chi connectivity index (χ4v) is 2.89. The molecule has 0 spiro atoms. The van der Waals surface area contributed by atoms with E-state index in [0.717, 1.165) is 18.9 Å². The van der Waals surface area contributed by atoms with Gasteiger partial charge in [0.1, 0.15) is 11.9 Å². The third-order valence-corrected chi connectivity index (χ3v) is 4.06. The number of hydrogen-bond acceptors (Lipinski definition) is 5. The minimum absolute atomic E-state index is 0.123. The van der Waals surface area contributed by atoms with Gasteiger partial charge >= 0.3 is 0 Å². The van der Waals surface area contributed by atoms with E-state index in [1.807, 2.05) is 12.1 Å². The second-order valence-electron chi connectivity index (χ2n) is 6.22. The lowest BCUT2D eigenvalue weighted by molar-refractivity contribution is -0.119. The van der Waals surface area contributed by atoms with Crippen LogP contribution in [0.15, 0.2) is 36.8 Å². The van der Waals surface area contributed by atoms with Gasteiger partial charge in [-0.1, -0.05) is 0 Å². The van der Waals surface area contributed by atoms with Gasteiger partial charge in [0, 0.05) is 25.5 Å². The van der Waals surface area contributed by atoms with Gasteiger partial charge in [-0.2, -0.15) is 5.10 Å². The third kappa shape index (κ3) is 3.73. The lowest BCUT2D eigenvalue weighted by Crippen LogP contribution is -2.45. The highest BCUT2D eigenvalue weighted by Crippen LogP contribution is 2.20. The SMILES string of the molecule is C[C@@H]1CN(c2ccc(NC(=O)[C@@H](C)n3cccn3)cn2)C[C@H](C)O1. The highest BCUT2D eigenvalue weighted by molar-refractivity contribution is 5.93. The van der Waals surface area contributed by atoms with Gasteiger partial charge in [-0.3, -0.25) is 9.48 Å². The van der Waals surface area contributed by atoms with E-state index in [1.54, 1.807) is 36.3 Å². The fraction of sp³-hybridized carbons (Fsp3) is 0.471. The van der Waals surface area contributed by atoms with Crippen LogP contribution in [-0.2, 0) is 9.53 Å². The maximum absolute atomic E-state index is 12.3. The molecule has 0 aromatic carbocycles. The standard InChI is InChI=1S/C17H23N5O2/c1-12-10-21(11-13(2)24-12)16-6-5-15(9-18-16)20-17(23)14(3)22-8-4-7-19-22/h4-9,12-14H,10-11H2,1-3H3,(H,20,23)/t12-,13+,14-/m1/s1. The van der Waals surface area contributed by atoms with E-state index < -0.39 is 0 Å². The van der Waals surface area contributed by atoms with Gasteiger partial charge in [0.15, 0.2) is 0 Å². The molecule has 128 valence electrons. The Bertz CT molecular complexity index is 661. The molecule has 1 N–H and O–H groups in total. The number of carbonyl (C=O) groups excluding carboxylic acids is 1. The van der Waals surface area contributed by atoms with Gasteiger partial charge in [-0.25, -0.2) is 4.98 Å². The molecule has 1 aliphatic heterocycles. The topological polar surface area (TPSA) is 72.3 Å². The number of rotatable bonds is 4. The molecule has 2 aromatic heterocycles. The van der Waals surface area contributed by atoms with Crippen LogP contribution in [0.3, 0.4) is 0 Å². The molecule has 0 radical (unpaired) electrons. The monoisotopic (exact) mass is 329 g/mol. The Balaban J connectivity index is 1.63. The van der Waals surface area contributed by atoms with Crippen LogP contribution in [0.5, 0.6) is 0 Å². The summed E-state index contributed by atoms with van der Waals surface area (Å²) in [5.74, 6) is 0.775. The molecular formula is C17H23N5O2. The summed E-state index contributed by atoms with van der Waals surface area (Å²) in [6.45, 7) is 7.57. The second-order valence-corrected chi connectivity index (χ2v) is 6.22. The largest absolute Gasteiger partial charge is 0.372 e. The molecule has 1 aliphatic rings. The Labute approximate surface area is 141 Å². The van der Waals surface area contributed by atoms with Crippen molar-refractivity contribution in [2.75, 3.05) is 23.3 Å². The average Bonchev–Trinajstić information content (AvgIpc) is 3.08. The number of nitrogens with one attached hydrogen (secondary N) is 1. The van der Waals surface area contributed by atoms with Crippen LogP contribution in [0, 0.1) is 0 Å². The summed E-state index contributed by atoms with van der Waals surface area (Å²) in [6.07, 6.45) is 5.49. The normalized spacial score (nSPS) is 22.2. The molecule has 3 heterocycles. The van der Waals surface area contributed by atoms with Gasteiger partial charge in [0.25, 0.3) is 0 Å². The summed E-state index contributed by atoms with van der Waals surface area (Å²) in [7, 11) is 0. The first-order valence-electron chi connectivity index (χ1n) is 8.19. The van der Waals surface area contributed by atoms with E-state index in [2.05, 4.69) is 34.1 Å². The maximum atomic E-state index is 12.3. The van der Waals surface area contributed by atoms with Crippen LogP contribution in [0.4, 0.5) is 11.5 Å². The summed E-state index contributed by atoms with van der Waals surface area (Å²) in [5.41, 5.74) is 0.678. The number of amides is 1. The summed E-state index contributed by atoms with van der Waals surface area (Å²) in [6, 6.07) is 5.23. The van der Waals surface area contributed by atoms with Crippen LogP contribution in [0.2, 0.25) is 0 Å². The number of carbonyl (C=O) groups is 1. The number of pyridine rings is 1. The third-order valence-electron chi connectivity index (χ3n) is 4.06. The van der Waals surface area contributed by atoms with Crippen molar-refractivity contribution < 1.29 is 9.53 Å². The molecule has 0 bridgehead atoms. The van der Waals surface area contributed by atoms with Crippen molar-refractivity contribution in [3.63, 3.8) is 0 Å². The molecule has 7 nitrogen and oxygen atoms in total. The molecule has 1 amide bonds. The molecule has 3 rings (SSSR count). The van der Waals surface area contributed by atoms with E-state index in [4.69, 9.17) is 4.74 Å². The molecule has 0 aliphatic carbocycles. The zero-order valence-corrected chi connectivity index (χ0v) is 14.2. The molecule has 24 heavy (non-hydrogen) atoms. The highest BCUT2D eigenvalue weighted by Gasteiger charge is 2.23. The molecule has 0 saturated carbocycles. The van der Waals surface area contributed by atoms with Crippen LogP contribution in [-0.4, -0.2) is 46.0 Å². The maximum Gasteiger partial charge on any atom is 0.248 e. The summed E-state index contributed by atoms with van der Waals surface area (Å²) in [5, 5.41) is 6.96. The average molecular weight is 329 g/mol. The predicted molar refractivity (Wildman–Crippen MR) is 92.0 cm³/mol. The predicted octanol–water partition coefficient (Wildman–Crippen LogP) is 2.09. The lowest BCUT2D eigenvalue weighted by atomic mass is 10.2. The van der Waals surface area contributed by atoms with Gasteiger partial charge in [-0.05, 0) is 39.0 Å². The number of aromatic nitrogens is 3. The Hall–Kier alpha value is -2.41. The fourth-order valence-electron chi connectivity index (χ4n) is 2.89. The van der Waals surface area contributed by atoms with E-state index in [1.165, 1.54) is 0 Å². The van der Waals surface area contributed by atoms with Crippen LogP contribution in [0.25, 0.3) is 0 Å². The molecule has 0 unspecified atom stereocenters. The molecule has 3 atom stereocenters. The minimum Gasteiger partial charge on any atom is -0.372 e. The van der Waals surface area contributed by atoms with Crippen LogP contribution in [0.1, 0.15) is 26.8 Å². The van der Waals surface area contributed by atoms with E-state index >= 15 is 0 Å². The van der Waals surface area contributed by atoms with Crippen molar-refractivity contribution in [2.24, 2.45) is 0 Å². The van der Waals surface area contributed by atoms with Crippen molar-refractivity contribution >= 4 is 17.4 Å². The molecule has 2 aromatic rings. The first-order valence-corrected chi connectivity index (χ1v) is 8.19. The van der Waals surface area contributed by atoms with E-state index in [0.29, 0.717) is 5.69 Å². The van der Waals surface area contributed by atoms with Crippen molar-refractivity contribution in [3.05, 3.63) is 36.8 Å². The minimum atomic E-state index is -0.374. The molecule has 1 saturated heterocycles. The zero-order valence-electron chi connectivity index (χ0n) is 14.2. The number of hydrogen-bond donors (Lipinski definition) is 1. The second kappa shape index (κ2) is 7.00. The van der Waals surface area contributed by atoms with Crippen molar-refractivity contribution in [1.82, 2.24) is 14.8 Å². The zero-order chi connectivity index (χ0) is 17.1. The smallest absolute Gasteiger partial charge is 0.248 e. The highest BCUT2D eigenvalue weighted by atomic mass is 16.5. The van der Waals surface area contributed by atoms with Crippen molar-refractivity contribution in [1.29, 1.82) is 0 Å². The first kappa shape index (κ1) is 16.4. The molecular weight excluding hydrogens is 306 g/mol. The number of ether oxygens (including phenoxy) is 1. The number of anilines is 2. The van der Waals surface area contributed by atoms with Crippen LogP contribution < -0.4 is 10.2 Å². The Kier molecular flexibility index (Phi) is 4.80.